The highest BCUT2D eigenvalue weighted by atomic mass is 14.4. The van der Waals surface area contributed by atoms with Gasteiger partial charge in [0.2, 0.25) is 0 Å². The van der Waals surface area contributed by atoms with Crippen LogP contribution in [0.5, 0.6) is 0 Å². The number of rotatable bonds is 4. The monoisotopic (exact) mass is 828 g/mol. The second kappa shape index (κ2) is 13.7. The molecule has 0 bridgehead atoms. The molecule has 0 fully saturated rings. The maximum Gasteiger partial charge on any atom is 0.0159 e. The zero-order chi connectivity index (χ0) is 43.8. The SMILES string of the molecule is Cc1ccc(-c2c3ccccc3c(-c3ccc4c(c3)C(C)(C)c3cc(-c5c6ccccc6c(-c6ccc7c(c6)C(C)(C)c6ccccc6-7)c6ccccc56)ccc3-4)c3ccccc23)cc1. The van der Waals surface area contributed by atoms with E-state index in [1.54, 1.807) is 0 Å². The summed E-state index contributed by atoms with van der Waals surface area (Å²) in [5.74, 6) is 0. The van der Waals surface area contributed by atoms with Crippen LogP contribution in [0.15, 0.2) is 200 Å². The van der Waals surface area contributed by atoms with Crippen molar-refractivity contribution in [3.8, 4) is 66.8 Å². The zero-order valence-corrected chi connectivity index (χ0v) is 37.6. The Bertz CT molecular complexity index is 3700. The molecule has 11 aromatic rings. The summed E-state index contributed by atoms with van der Waals surface area (Å²) >= 11 is 0. The Morgan fingerprint density at radius 3 is 0.862 bits per heavy atom. The molecule has 0 aliphatic heterocycles. The first-order valence-electron chi connectivity index (χ1n) is 23.2. The van der Waals surface area contributed by atoms with Crippen molar-refractivity contribution in [2.75, 3.05) is 0 Å². The topological polar surface area (TPSA) is 0 Å². The number of hydrogen-bond acceptors (Lipinski definition) is 0. The first-order valence-corrected chi connectivity index (χ1v) is 23.2. The van der Waals surface area contributed by atoms with Crippen molar-refractivity contribution in [1.82, 2.24) is 0 Å². The van der Waals surface area contributed by atoms with Crippen LogP contribution >= 0.6 is 0 Å². The van der Waals surface area contributed by atoms with E-state index in [4.69, 9.17) is 0 Å². The van der Waals surface area contributed by atoms with E-state index in [9.17, 15) is 0 Å². The van der Waals surface area contributed by atoms with Gasteiger partial charge in [0, 0.05) is 10.8 Å². The molecule has 0 radical (unpaired) electrons. The lowest BCUT2D eigenvalue weighted by atomic mass is 9.79. The third kappa shape index (κ3) is 5.38. The third-order valence-corrected chi connectivity index (χ3v) is 15.3. The van der Waals surface area contributed by atoms with E-state index in [2.05, 4.69) is 235 Å². The molecule has 0 heterocycles. The average Bonchev–Trinajstić information content (AvgIpc) is 3.71. The van der Waals surface area contributed by atoms with Gasteiger partial charge in [-0.1, -0.05) is 215 Å². The summed E-state index contributed by atoms with van der Waals surface area (Å²) in [4.78, 5) is 0. The lowest BCUT2D eigenvalue weighted by molar-refractivity contribution is 0.660. The summed E-state index contributed by atoms with van der Waals surface area (Å²) in [5, 5.41) is 10.3. The van der Waals surface area contributed by atoms with Gasteiger partial charge in [-0.3, -0.25) is 0 Å². The lowest BCUT2D eigenvalue weighted by Crippen LogP contribution is -2.15. The van der Waals surface area contributed by atoms with E-state index in [0.29, 0.717) is 0 Å². The van der Waals surface area contributed by atoms with E-state index in [1.807, 2.05) is 0 Å². The number of aryl methyl sites for hydroxylation is 1. The lowest BCUT2D eigenvalue weighted by Gasteiger charge is -2.24. The molecular formula is C65H48. The van der Waals surface area contributed by atoms with E-state index in [0.717, 1.165) is 0 Å². The minimum Gasteiger partial charge on any atom is -0.0619 e. The Kier molecular flexibility index (Phi) is 8.02. The van der Waals surface area contributed by atoms with Crippen molar-refractivity contribution in [2.24, 2.45) is 0 Å². The molecule has 13 rings (SSSR count). The first-order chi connectivity index (χ1) is 31.7. The molecule has 0 spiro atoms. The van der Waals surface area contributed by atoms with Crippen molar-refractivity contribution >= 4 is 43.1 Å². The molecule has 0 nitrogen and oxygen atoms in total. The predicted molar refractivity (Wildman–Crippen MR) is 278 cm³/mol. The number of fused-ring (bicyclic) bond motifs is 10. The van der Waals surface area contributed by atoms with Crippen molar-refractivity contribution in [3.05, 3.63) is 228 Å². The first kappa shape index (κ1) is 38.0. The van der Waals surface area contributed by atoms with E-state index >= 15 is 0 Å². The minimum atomic E-state index is -0.218. The second-order valence-electron chi connectivity index (χ2n) is 19.6. The summed E-state index contributed by atoms with van der Waals surface area (Å²) in [6, 6.07) is 75.9. The van der Waals surface area contributed by atoms with E-state index in [-0.39, 0.29) is 10.8 Å². The molecule has 0 atom stereocenters. The molecule has 11 aromatic carbocycles. The molecule has 0 saturated heterocycles. The van der Waals surface area contributed by atoms with Crippen LogP contribution in [0.1, 0.15) is 55.5 Å². The molecule has 65 heavy (non-hydrogen) atoms. The standard InChI is InChI=1S/C65H48/c1-39-26-28-40(29-27-39)60-48-17-6-8-19-50(48)61(51-20-9-7-18-49(51)60)42-31-34-46-47-35-32-43(38-59(47)65(4,5)58(46)37-42)63-54-23-12-10-21-52(54)62(53-22-11-13-24-55(53)63)41-30-33-45-44-16-14-15-25-56(44)64(2,3)57(45)36-41/h6-38H,1-5H3. The Morgan fingerprint density at radius 1 is 0.246 bits per heavy atom. The fourth-order valence-electron chi connectivity index (χ4n) is 12.1. The van der Waals surface area contributed by atoms with Gasteiger partial charge in [-0.05, 0) is 157 Å². The highest BCUT2D eigenvalue weighted by Gasteiger charge is 2.38. The third-order valence-electron chi connectivity index (χ3n) is 15.3. The summed E-state index contributed by atoms with van der Waals surface area (Å²) in [6.45, 7) is 11.8. The van der Waals surface area contributed by atoms with Gasteiger partial charge in [-0.25, -0.2) is 0 Å². The van der Waals surface area contributed by atoms with Crippen molar-refractivity contribution in [2.45, 2.75) is 45.4 Å². The van der Waals surface area contributed by atoms with Crippen LogP contribution in [-0.2, 0) is 10.8 Å². The number of hydrogen-bond donors (Lipinski definition) is 0. The Balaban J connectivity index is 0.963. The molecule has 308 valence electrons. The summed E-state index contributed by atoms with van der Waals surface area (Å²) in [7, 11) is 0. The van der Waals surface area contributed by atoms with Crippen LogP contribution in [0.2, 0.25) is 0 Å². The van der Waals surface area contributed by atoms with Gasteiger partial charge in [0.05, 0.1) is 0 Å². The van der Waals surface area contributed by atoms with Crippen LogP contribution in [0.4, 0.5) is 0 Å². The van der Waals surface area contributed by atoms with Crippen molar-refractivity contribution < 1.29 is 0 Å². The van der Waals surface area contributed by atoms with Crippen LogP contribution in [-0.4, -0.2) is 0 Å². The molecule has 2 aliphatic rings. The highest BCUT2D eigenvalue weighted by Crippen LogP contribution is 2.55. The summed E-state index contributed by atoms with van der Waals surface area (Å²) in [6.07, 6.45) is 0. The largest absolute Gasteiger partial charge is 0.0619 e. The van der Waals surface area contributed by atoms with Crippen LogP contribution < -0.4 is 0 Å². The Morgan fingerprint density at radius 2 is 0.508 bits per heavy atom. The molecule has 0 heteroatoms. The quantitative estimate of drug-likeness (QED) is 0.155. The van der Waals surface area contributed by atoms with Gasteiger partial charge < -0.3 is 0 Å². The molecule has 0 amide bonds. The maximum atomic E-state index is 2.51. The summed E-state index contributed by atoms with van der Waals surface area (Å²) < 4.78 is 0. The molecule has 0 saturated carbocycles. The molecule has 0 unspecified atom stereocenters. The Hall–Kier alpha value is -7.54. The summed E-state index contributed by atoms with van der Waals surface area (Å²) in [5.41, 5.74) is 22.2. The van der Waals surface area contributed by atoms with Gasteiger partial charge in [0.1, 0.15) is 0 Å². The Labute approximate surface area is 381 Å². The molecular weight excluding hydrogens is 781 g/mol. The van der Waals surface area contributed by atoms with Crippen molar-refractivity contribution in [3.63, 3.8) is 0 Å². The van der Waals surface area contributed by atoms with Gasteiger partial charge in [0.15, 0.2) is 0 Å². The highest BCUT2D eigenvalue weighted by molar-refractivity contribution is 6.23. The average molecular weight is 829 g/mol. The van der Waals surface area contributed by atoms with Gasteiger partial charge in [-0.2, -0.15) is 0 Å². The molecule has 0 N–H and O–H groups in total. The van der Waals surface area contributed by atoms with Crippen molar-refractivity contribution in [1.29, 1.82) is 0 Å². The van der Waals surface area contributed by atoms with Crippen LogP contribution in [0.3, 0.4) is 0 Å². The molecule has 0 aromatic heterocycles. The second-order valence-corrected chi connectivity index (χ2v) is 19.6. The zero-order valence-electron chi connectivity index (χ0n) is 37.6. The van der Waals surface area contributed by atoms with Crippen LogP contribution in [0, 0.1) is 6.92 Å². The van der Waals surface area contributed by atoms with E-state index < -0.39 is 0 Å². The predicted octanol–water partition coefficient (Wildman–Crippen LogP) is 17.9. The fraction of sp³-hybridized carbons (Fsp3) is 0.108. The maximum absolute atomic E-state index is 2.51. The van der Waals surface area contributed by atoms with Crippen LogP contribution in [0.25, 0.3) is 110 Å². The minimum absolute atomic E-state index is 0.0725. The number of benzene rings is 11. The van der Waals surface area contributed by atoms with Gasteiger partial charge >= 0.3 is 0 Å². The van der Waals surface area contributed by atoms with Gasteiger partial charge in [-0.15, -0.1) is 0 Å². The van der Waals surface area contributed by atoms with E-state index in [1.165, 1.54) is 138 Å². The fourth-order valence-corrected chi connectivity index (χ4v) is 12.1. The normalized spacial score (nSPS) is 14.2. The molecule has 2 aliphatic carbocycles. The smallest absolute Gasteiger partial charge is 0.0159 e. The van der Waals surface area contributed by atoms with Gasteiger partial charge in [0.25, 0.3) is 0 Å².